The number of carbonyl (C=O) groups excluding carboxylic acids is 1. The number of hydrogen-bond donors (Lipinski definition) is 1. The lowest BCUT2D eigenvalue weighted by molar-refractivity contribution is -0.117. The predicted molar refractivity (Wildman–Crippen MR) is 96.6 cm³/mol. The molecule has 0 bridgehead atoms. The van der Waals surface area contributed by atoms with Gasteiger partial charge in [0.15, 0.2) is 0 Å². The molecule has 0 aliphatic rings. The van der Waals surface area contributed by atoms with E-state index >= 15 is 0 Å². The zero-order valence-corrected chi connectivity index (χ0v) is 15.5. The molecule has 0 saturated heterocycles. The summed E-state index contributed by atoms with van der Waals surface area (Å²) in [5.74, 6) is -0.188. The van der Waals surface area contributed by atoms with Crippen LogP contribution in [-0.4, -0.2) is 51.2 Å². The van der Waals surface area contributed by atoms with Crippen molar-refractivity contribution in [2.45, 2.75) is 11.4 Å². The summed E-state index contributed by atoms with van der Waals surface area (Å²) in [5, 5.41) is 6.79. The Labute approximate surface area is 146 Å². The summed E-state index contributed by atoms with van der Waals surface area (Å²) in [4.78, 5) is 14.2. The van der Waals surface area contributed by atoms with E-state index in [4.69, 9.17) is 0 Å². The maximum atomic E-state index is 12.1. The van der Waals surface area contributed by atoms with Crippen molar-refractivity contribution < 1.29 is 13.2 Å². The predicted octanol–water partition coefficient (Wildman–Crippen LogP) is 2.07. The van der Waals surface area contributed by atoms with E-state index in [0.717, 1.165) is 9.87 Å². The smallest absolute Gasteiger partial charge is 0.242 e. The minimum atomic E-state index is -3.52. The molecule has 0 radical (unpaired) electrons. The minimum absolute atomic E-state index is 0.150. The van der Waals surface area contributed by atoms with Gasteiger partial charge in [0.25, 0.3) is 0 Å². The van der Waals surface area contributed by atoms with Crippen LogP contribution in [0.1, 0.15) is 5.56 Å². The third-order valence-corrected chi connectivity index (χ3v) is 5.89. The van der Waals surface area contributed by atoms with E-state index in [0.29, 0.717) is 12.2 Å². The van der Waals surface area contributed by atoms with Crippen molar-refractivity contribution in [3.8, 4) is 0 Å². The van der Waals surface area contributed by atoms with E-state index in [1.54, 1.807) is 23.5 Å². The van der Waals surface area contributed by atoms with E-state index in [2.05, 4.69) is 5.32 Å². The lowest BCUT2D eigenvalue weighted by Gasteiger charge is -2.16. The molecular formula is C16H21N3O3S2. The van der Waals surface area contributed by atoms with Crippen LogP contribution in [0.5, 0.6) is 0 Å². The fourth-order valence-electron chi connectivity index (χ4n) is 2.14. The van der Waals surface area contributed by atoms with Crippen LogP contribution in [0.15, 0.2) is 46.0 Å². The van der Waals surface area contributed by atoms with Crippen molar-refractivity contribution in [2.24, 2.45) is 0 Å². The fraction of sp³-hybridized carbons (Fsp3) is 0.312. The topological polar surface area (TPSA) is 69.7 Å². The molecule has 24 heavy (non-hydrogen) atoms. The highest BCUT2D eigenvalue weighted by atomic mass is 32.2. The van der Waals surface area contributed by atoms with Crippen molar-refractivity contribution in [3.05, 3.63) is 46.7 Å². The molecule has 1 N–H and O–H groups in total. The number of nitrogens with zero attached hydrogens (tertiary/aromatic N) is 2. The quantitative estimate of drug-likeness (QED) is 0.813. The minimum Gasteiger partial charge on any atom is -0.325 e. The highest BCUT2D eigenvalue weighted by molar-refractivity contribution is 7.89. The van der Waals surface area contributed by atoms with Gasteiger partial charge in [-0.25, -0.2) is 12.7 Å². The Balaban J connectivity index is 1.99. The fourth-order valence-corrected chi connectivity index (χ4v) is 3.75. The molecule has 1 aromatic carbocycles. The number of nitrogens with one attached hydrogen (secondary N) is 1. The number of thiophene rings is 1. The van der Waals surface area contributed by atoms with Crippen LogP contribution in [0.4, 0.5) is 5.69 Å². The number of rotatable bonds is 7. The summed E-state index contributed by atoms with van der Waals surface area (Å²) < 4.78 is 25.4. The van der Waals surface area contributed by atoms with Gasteiger partial charge in [-0.15, -0.1) is 0 Å². The molecule has 0 atom stereocenters. The zero-order valence-electron chi connectivity index (χ0n) is 13.9. The van der Waals surface area contributed by atoms with Crippen molar-refractivity contribution >= 4 is 33.0 Å². The number of carbonyl (C=O) groups is 1. The molecule has 0 saturated carbocycles. The van der Waals surface area contributed by atoms with Gasteiger partial charge >= 0.3 is 0 Å². The van der Waals surface area contributed by atoms with E-state index in [1.165, 1.54) is 26.2 Å². The van der Waals surface area contributed by atoms with Crippen molar-refractivity contribution in [1.29, 1.82) is 0 Å². The molecule has 2 rings (SSSR count). The molecule has 8 heteroatoms. The number of hydrogen-bond acceptors (Lipinski definition) is 5. The third kappa shape index (κ3) is 4.88. The summed E-state index contributed by atoms with van der Waals surface area (Å²) in [6.45, 7) is 0.909. The average molecular weight is 367 g/mol. The van der Waals surface area contributed by atoms with Crippen LogP contribution < -0.4 is 5.32 Å². The van der Waals surface area contributed by atoms with E-state index in [9.17, 15) is 13.2 Å². The van der Waals surface area contributed by atoms with Gasteiger partial charge in [0.1, 0.15) is 0 Å². The van der Waals surface area contributed by atoms with Gasteiger partial charge in [0.2, 0.25) is 15.9 Å². The highest BCUT2D eigenvalue weighted by Gasteiger charge is 2.17. The Hall–Kier alpha value is -1.74. The molecule has 0 fully saturated rings. The molecule has 0 unspecified atom stereocenters. The molecule has 0 aliphatic heterocycles. The molecule has 6 nitrogen and oxygen atoms in total. The normalized spacial score (nSPS) is 11.9. The molecule has 1 aromatic heterocycles. The highest BCUT2D eigenvalue weighted by Crippen LogP contribution is 2.18. The van der Waals surface area contributed by atoms with Crippen molar-refractivity contribution in [3.63, 3.8) is 0 Å². The number of likely N-dealkylation sites (N-methyl/N-ethyl adjacent to an activating group) is 1. The Bertz CT molecular complexity index is 787. The van der Waals surface area contributed by atoms with Crippen LogP contribution in [0.3, 0.4) is 0 Å². The second-order valence-corrected chi connectivity index (χ2v) is 8.60. The lowest BCUT2D eigenvalue weighted by Crippen LogP contribution is -2.29. The number of anilines is 1. The molecule has 0 aliphatic carbocycles. The lowest BCUT2D eigenvalue weighted by atomic mass is 10.3. The largest absolute Gasteiger partial charge is 0.325 e. The standard InChI is InChI=1S/C16H21N3O3S2/c1-18(2)24(21,22)15-6-4-5-14(9-15)17-16(20)11-19(3)10-13-7-8-23-12-13/h4-9,12H,10-11H2,1-3H3,(H,17,20). The Kier molecular flexibility index (Phi) is 6.11. The van der Waals surface area contributed by atoms with Crippen molar-refractivity contribution in [1.82, 2.24) is 9.21 Å². The van der Waals surface area contributed by atoms with Crippen LogP contribution in [0.25, 0.3) is 0 Å². The zero-order chi connectivity index (χ0) is 17.7. The van der Waals surface area contributed by atoms with Crippen LogP contribution >= 0.6 is 11.3 Å². The van der Waals surface area contributed by atoms with Gasteiger partial charge in [0.05, 0.1) is 11.4 Å². The van der Waals surface area contributed by atoms with Crippen molar-refractivity contribution in [2.75, 3.05) is 33.0 Å². The maximum absolute atomic E-state index is 12.1. The van der Waals surface area contributed by atoms with Crippen LogP contribution in [0, 0.1) is 0 Å². The summed E-state index contributed by atoms with van der Waals surface area (Å²) >= 11 is 1.62. The van der Waals surface area contributed by atoms with E-state index in [1.807, 2.05) is 28.8 Å². The second kappa shape index (κ2) is 7.89. The summed E-state index contributed by atoms with van der Waals surface area (Å²) in [5.41, 5.74) is 1.63. The molecule has 2 aromatic rings. The van der Waals surface area contributed by atoms with E-state index in [-0.39, 0.29) is 17.3 Å². The number of benzene rings is 1. The first kappa shape index (κ1) is 18.6. The first-order chi connectivity index (χ1) is 11.3. The van der Waals surface area contributed by atoms with Crippen LogP contribution in [0.2, 0.25) is 0 Å². The SMILES string of the molecule is CN(CC(=O)Nc1cccc(S(=O)(=O)N(C)C)c1)Cc1ccsc1. The average Bonchev–Trinajstić information content (AvgIpc) is 2.99. The Morgan fingerprint density at radius 2 is 1.96 bits per heavy atom. The summed E-state index contributed by atoms with van der Waals surface area (Å²) in [6.07, 6.45) is 0. The van der Waals surface area contributed by atoms with Crippen LogP contribution in [-0.2, 0) is 21.4 Å². The molecule has 1 heterocycles. The van der Waals surface area contributed by atoms with Gasteiger partial charge < -0.3 is 5.32 Å². The molecule has 0 spiro atoms. The monoisotopic (exact) mass is 367 g/mol. The Morgan fingerprint density at radius 1 is 1.21 bits per heavy atom. The van der Waals surface area contributed by atoms with Gasteiger partial charge in [-0.05, 0) is 47.6 Å². The van der Waals surface area contributed by atoms with Gasteiger partial charge in [-0.1, -0.05) is 6.07 Å². The third-order valence-electron chi connectivity index (χ3n) is 3.34. The van der Waals surface area contributed by atoms with Gasteiger partial charge in [-0.2, -0.15) is 11.3 Å². The number of sulfonamides is 1. The molecule has 130 valence electrons. The molecular weight excluding hydrogens is 346 g/mol. The Morgan fingerprint density at radius 3 is 2.58 bits per heavy atom. The maximum Gasteiger partial charge on any atom is 0.242 e. The first-order valence-corrected chi connectivity index (χ1v) is 9.69. The van der Waals surface area contributed by atoms with Gasteiger partial charge in [0, 0.05) is 26.3 Å². The molecule has 1 amide bonds. The first-order valence-electron chi connectivity index (χ1n) is 7.31. The van der Waals surface area contributed by atoms with E-state index < -0.39 is 10.0 Å². The summed E-state index contributed by atoms with van der Waals surface area (Å²) in [7, 11) is 1.29. The summed E-state index contributed by atoms with van der Waals surface area (Å²) in [6, 6.07) is 8.28. The second-order valence-electron chi connectivity index (χ2n) is 5.67. The van der Waals surface area contributed by atoms with Gasteiger partial charge in [-0.3, -0.25) is 9.69 Å². The number of amides is 1.